The summed E-state index contributed by atoms with van der Waals surface area (Å²) < 4.78 is 0. The lowest BCUT2D eigenvalue weighted by Crippen LogP contribution is -2.17. The molecule has 144 valence electrons. The van der Waals surface area contributed by atoms with E-state index in [9.17, 15) is 9.90 Å². The molecule has 0 aliphatic heterocycles. The summed E-state index contributed by atoms with van der Waals surface area (Å²) in [4.78, 5) is 14.6. The van der Waals surface area contributed by atoms with Crippen molar-refractivity contribution in [3.8, 4) is 5.75 Å². The van der Waals surface area contributed by atoms with Gasteiger partial charge in [-0.25, -0.2) is 5.43 Å². The first-order valence-electron chi connectivity index (χ1n) is 9.29. The van der Waals surface area contributed by atoms with Crippen LogP contribution in [0.3, 0.4) is 0 Å². The van der Waals surface area contributed by atoms with Gasteiger partial charge in [-0.3, -0.25) is 4.79 Å². The molecule has 0 spiro atoms. The number of hydrogen-bond acceptors (Lipinski definition) is 4. The van der Waals surface area contributed by atoms with Crippen LogP contribution in [-0.2, 0) is 0 Å². The number of aromatic hydroxyl groups is 1. The Bertz CT molecular complexity index is 1250. The van der Waals surface area contributed by atoms with E-state index in [-0.39, 0.29) is 11.3 Å². The fourth-order valence-corrected chi connectivity index (χ4v) is 3.44. The van der Waals surface area contributed by atoms with Gasteiger partial charge >= 0.3 is 0 Å². The van der Waals surface area contributed by atoms with Crippen LogP contribution in [0.4, 0.5) is 5.69 Å². The average molecular weight is 383 g/mol. The number of nitrogens with zero attached hydrogens (tertiary/aromatic N) is 2. The van der Waals surface area contributed by atoms with Crippen molar-refractivity contribution >= 4 is 39.4 Å². The molecule has 0 aliphatic rings. The van der Waals surface area contributed by atoms with Crippen LogP contribution < -0.4 is 10.3 Å². The van der Waals surface area contributed by atoms with E-state index in [1.165, 1.54) is 0 Å². The second-order valence-electron chi connectivity index (χ2n) is 7.03. The van der Waals surface area contributed by atoms with Gasteiger partial charge in [-0.05, 0) is 34.4 Å². The van der Waals surface area contributed by atoms with E-state index in [0.29, 0.717) is 0 Å². The van der Waals surface area contributed by atoms with Crippen molar-refractivity contribution in [3.05, 3.63) is 83.9 Å². The summed E-state index contributed by atoms with van der Waals surface area (Å²) in [7, 11) is 4.01. The smallest absolute Gasteiger partial charge is 0.275 e. The van der Waals surface area contributed by atoms with Crippen LogP contribution in [0.1, 0.15) is 15.9 Å². The van der Waals surface area contributed by atoms with Crippen LogP contribution in [0.5, 0.6) is 5.75 Å². The molecule has 5 heteroatoms. The number of phenolic OH excluding ortho intramolecular Hbond substituents is 1. The zero-order valence-corrected chi connectivity index (χ0v) is 16.3. The third-order valence-electron chi connectivity index (χ3n) is 4.89. The third kappa shape index (κ3) is 3.62. The maximum absolute atomic E-state index is 12.5. The van der Waals surface area contributed by atoms with Crippen LogP contribution in [0.2, 0.25) is 0 Å². The minimum absolute atomic E-state index is 0.0721. The second-order valence-corrected chi connectivity index (χ2v) is 7.03. The number of benzene rings is 4. The minimum Gasteiger partial charge on any atom is -0.507 e. The molecule has 2 N–H and O–H groups in total. The zero-order chi connectivity index (χ0) is 20.4. The highest BCUT2D eigenvalue weighted by Gasteiger charge is 2.12. The van der Waals surface area contributed by atoms with Gasteiger partial charge in [0.2, 0.25) is 0 Å². The van der Waals surface area contributed by atoms with Crippen molar-refractivity contribution in [2.24, 2.45) is 5.10 Å². The first-order chi connectivity index (χ1) is 14.0. The number of rotatable bonds is 4. The van der Waals surface area contributed by atoms with Crippen molar-refractivity contribution in [3.63, 3.8) is 0 Å². The van der Waals surface area contributed by atoms with Crippen LogP contribution in [0, 0.1) is 0 Å². The fourth-order valence-electron chi connectivity index (χ4n) is 3.44. The lowest BCUT2D eigenvalue weighted by molar-refractivity contribution is 0.0952. The van der Waals surface area contributed by atoms with Crippen LogP contribution >= 0.6 is 0 Å². The predicted molar refractivity (Wildman–Crippen MR) is 119 cm³/mol. The number of hydrazone groups is 1. The predicted octanol–water partition coefficient (Wildman–Crippen LogP) is 4.53. The van der Waals surface area contributed by atoms with Gasteiger partial charge in [-0.1, -0.05) is 54.6 Å². The van der Waals surface area contributed by atoms with Crippen molar-refractivity contribution in [1.29, 1.82) is 0 Å². The fraction of sp³-hybridized carbons (Fsp3) is 0.0833. The number of carbonyl (C=O) groups is 1. The molecule has 0 heterocycles. The van der Waals surface area contributed by atoms with Crippen LogP contribution in [0.25, 0.3) is 21.5 Å². The van der Waals surface area contributed by atoms with Gasteiger partial charge in [0, 0.05) is 30.7 Å². The molecule has 0 saturated carbocycles. The van der Waals surface area contributed by atoms with Gasteiger partial charge in [0.15, 0.2) is 0 Å². The van der Waals surface area contributed by atoms with E-state index in [1.54, 1.807) is 18.3 Å². The summed E-state index contributed by atoms with van der Waals surface area (Å²) in [5.41, 5.74) is 4.71. The largest absolute Gasteiger partial charge is 0.507 e. The number of anilines is 1. The molecule has 0 atom stereocenters. The Morgan fingerprint density at radius 3 is 2.31 bits per heavy atom. The van der Waals surface area contributed by atoms with E-state index >= 15 is 0 Å². The summed E-state index contributed by atoms with van der Waals surface area (Å²) in [5.74, 6) is -0.532. The Morgan fingerprint density at radius 1 is 0.931 bits per heavy atom. The Morgan fingerprint density at radius 2 is 1.59 bits per heavy atom. The third-order valence-corrected chi connectivity index (χ3v) is 4.89. The Hall–Kier alpha value is -3.86. The quantitative estimate of drug-likeness (QED) is 0.402. The Balaban J connectivity index is 1.60. The monoisotopic (exact) mass is 383 g/mol. The molecule has 0 aliphatic carbocycles. The number of carbonyl (C=O) groups excluding carboxylic acids is 1. The van der Waals surface area contributed by atoms with E-state index in [2.05, 4.69) is 21.5 Å². The molecule has 0 fully saturated rings. The highest BCUT2D eigenvalue weighted by atomic mass is 16.3. The van der Waals surface area contributed by atoms with Crippen LogP contribution in [-0.4, -0.2) is 31.3 Å². The van der Waals surface area contributed by atoms with Gasteiger partial charge in [0.1, 0.15) is 5.75 Å². The summed E-state index contributed by atoms with van der Waals surface area (Å²) in [6, 6.07) is 22.9. The molecule has 4 aromatic rings. The van der Waals surface area contributed by atoms with E-state index < -0.39 is 5.91 Å². The van der Waals surface area contributed by atoms with Crippen molar-refractivity contribution in [2.45, 2.75) is 0 Å². The molecule has 0 saturated heterocycles. The first kappa shape index (κ1) is 18.5. The molecular formula is C24H21N3O2. The number of phenols is 1. The lowest BCUT2D eigenvalue weighted by atomic mass is 10.0. The SMILES string of the molecule is CN(C)c1ccc(/C=N/NC(=O)c2cc3ccccc3cc2O)c2ccccc12. The number of amides is 1. The van der Waals surface area contributed by atoms with E-state index in [1.807, 2.05) is 68.7 Å². The molecular weight excluding hydrogens is 362 g/mol. The van der Waals surface area contributed by atoms with Crippen molar-refractivity contribution in [2.75, 3.05) is 19.0 Å². The second kappa shape index (κ2) is 7.64. The highest BCUT2D eigenvalue weighted by Crippen LogP contribution is 2.28. The molecule has 4 rings (SSSR count). The molecule has 0 aromatic heterocycles. The molecule has 0 unspecified atom stereocenters. The lowest BCUT2D eigenvalue weighted by Gasteiger charge is -2.16. The van der Waals surface area contributed by atoms with E-state index in [0.717, 1.165) is 32.8 Å². The summed E-state index contributed by atoms with van der Waals surface area (Å²) in [6.07, 6.45) is 1.62. The standard InChI is InChI=1S/C24H21N3O2/c1-27(2)22-12-11-18(19-9-5-6-10-20(19)22)15-25-26-24(29)21-13-16-7-3-4-8-17(16)14-23(21)28/h3-15,28H,1-2H3,(H,26,29)/b25-15+. The van der Waals surface area contributed by atoms with Gasteiger partial charge in [0.25, 0.3) is 5.91 Å². The van der Waals surface area contributed by atoms with Crippen molar-refractivity contribution < 1.29 is 9.90 Å². The summed E-state index contributed by atoms with van der Waals surface area (Å²) >= 11 is 0. The summed E-state index contributed by atoms with van der Waals surface area (Å²) in [6.45, 7) is 0. The zero-order valence-electron chi connectivity index (χ0n) is 16.3. The average Bonchev–Trinajstić information content (AvgIpc) is 2.73. The number of fused-ring (bicyclic) bond motifs is 2. The maximum Gasteiger partial charge on any atom is 0.275 e. The molecule has 0 bridgehead atoms. The van der Waals surface area contributed by atoms with Gasteiger partial charge in [0.05, 0.1) is 11.8 Å². The maximum atomic E-state index is 12.5. The van der Waals surface area contributed by atoms with Crippen molar-refractivity contribution in [1.82, 2.24) is 5.43 Å². The number of nitrogens with one attached hydrogen (secondary N) is 1. The van der Waals surface area contributed by atoms with Gasteiger partial charge in [-0.2, -0.15) is 5.10 Å². The molecule has 5 nitrogen and oxygen atoms in total. The highest BCUT2D eigenvalue weighted by molar-refractivity contribution is 6.06. The van der Waals surface area contributed by atoms with Crippen LogP contribution in [0.15, 0.2) is 77.9 Å². The van der Waals surface area contributed by atoms with Gasteiger partial charge < -0.3 is 10.0 Å². The molecule has 29 heavy (non-hydrogen) atoms. The topological polar surface area (TPSA) is 64.9 Å². The molecule has 4 aromatic carbocycles. The first-order valence-corrected chi connectivity index (χ1v) is 9.29. The molecule has 0 radical (unpaired) electrons. The Kier molecular flexibility index (Phi) is 4.87. The minimum atomic E-state index is -0.460. The Labute approximate surface area is 168 Å². The molecule has 1 amide bonds. The summed E-state index contributed by atoms with van der Waals surface area (Å²) in [5, 5.41) is 18.2. The normalized spacial score (nSPS) is 11.2. The van der Waals surface area contributed by atoms with E-state index in [4.69, 9.17) is 0 Å². The van der Waals surface area contributed by atoms with Gasteiger partial charge in [-0.15, -0.1) is 0 Å². The number of hydrogen-bond donors (Lipinski definition) is 2.